The Labute approximate surface area is 152 Å². The van der Waals surface area contributed by atoms with Crippen LogP contribution in [0, 0.1) is 5.82 Å². The first-order valence-electron chi connectivity index (χ1n) is 8.68. The first-order valence-corrected chi connectivity index (χ1v) is 8.68. The highest BCUT2D eigenvalue weighted by molar-refractivity contribution is 5.94. The van der Waals surface area contributed by atoms with Crippen LogP contribution in [-0.4, -0.2) is 48.6 Å². The van der Waals surface area contributed by atoms with Crippen molar-refractivity contribution in [3.63, 3.8) is 0 Å². The lowest BCUT2D eigenvalue weighted by Gasteiger charge is -2.25. The number of carbonyl (C=O) groups excluding carboxylic acids is 1. The van der Waals surface area contributed by atoms with Crippen molar-refractivity contribution in [3.8, 4) is 0 Å². The van der Waals surface area contributed by atoms with Gasteiger partial charge in [0.15, 0.2) is 0 Å². The van der Waals surface area contributed by atoms with Crippen molar-refractivity contribution in [1.82, 2.24) is 9.80 Å². The summed E-state index contributed by atoms with van der Waals surface area (Å²) in [5.41, 5.74) is 1.37. The monoisotopic (exact) mass is 358 g/mol. The van der Waals surface area contributed by atoms with Crippen molar-refractivity contribution in [2.75, 3.05) is 32.8 Å². The number of hydrogen-bond acceptors (Lipinski definition) is 4. The number of hydrogen-bond donors (Lipinski definition) is 0. The zero-order chi connectivity index (χ0) is 18.4. The van der Waals surface area contributed by atoms with Gasteiger partial charge in [0.25, 0.3) is 5.91 Å². The van der Waals surface area contributed by atoms with Crippen LogP contribution in [0.5, 0.6) is 0 Å². The topological polar surface area (TPSA) is 45.9 Å². The Morgan fingerprint density at radius 2 is 2.00 bits per heavy atom. The molecule has 1 aromatic carbocycles. The fourth-order valence-electron chi connectivity index (χ4n) is 2.92. The molecule has 26 heavy (non-hydrogen) atoms. The number of rotatable bonds is 7. The maximum absolute atomic E-state index is 13.1. The van der Waals surface area contributed by atoms with Crippen LogP contribution in [0.4, 0.5) is 4.39 Å². The fraction of sp³-hybridized carbons (Fsp3) is 0.350. The van der Waals surface area contributed by atoms with Crippen LogP contribution < -0.4 is 0 Å². The number of amides is 1. The molecular weight excluding hydrogens is 335 g/mol. The normalized spacial score (nSPS) is 15.0. The van der Waals surface area contributed by atoms with Gasteiger partial charge in [0.1, 0.15) is 17.8 Å². The highest BCUT2D eigenvalue weighted by atomic mass is 19.1. The summed E-state index contributed by atoms with van der Waals surface area (Å²) < 4.78 is 24.0. The lowest BCUT2D eigenvalue weighted by Crippen LogP contribution is -2.35. The maximum Gasteiger partial charge on any atom is 0.257 e. The highest BCUT2D eigenvalue weighted by Crippen LogP contribution is 2.16. The summed E-state index contributed by atoms with van der Waals surface area (Å²) in [6.07, 6.45) is 3.18. The Bertz CT molecular complexity index is 736. The quantitative estimate of drug-likeness (QED) is 0.714. The van der Waals surface area contributed by atoms with Gasteiger partial charge >= 0.3 is 0 Å². The largest absolute Gasteiger partial charge is 0.467 e. The Balaban J connectivity index is 1.66. The van der Waals surface area contributed by atoms with Gasteiger partial charge < -0.3 is 14.1 Å². The van der Waals surface area contributed by atoms with Gasteiger partial charge in [0.2, 0.25) is 0 Å². The smallest absolute Gasteiger partial charge is 0.257 e. The number of ether oxygens (including phenoxy) is 1. The van der Waals surface area contributed by atoms with E-state index < -0.39 is 0 Å². The third-order valence-corrected chi connectivity index (χ3v) is 4.31. The average Bonchev–Trinajstić information content (AvgIpc) is 3.12. The predicted octanol–water partition coefficient (Wildman–Crippen LogP) is 3.08. The second-order valence-corrected chi connectivity index (χ2v) is 6.29. The van der Waals surface area contributed by atoms with E-state index in [2.05, 4.69) is 11.5 Å². The van der Waals surface area contributed by atoms with Crippen molar-refractivity contribution < 1.29 is 18.3 Å². The van der Waals surface area contributed by atoms with Gasteiger partial charge in [-0.2, -0.15) is 0 Å². The summed E-state index contributed by atoms with van der Waals surface area (Å²) in [4.78, 5) is 16.7. The third kappa shape index (κ3) is 4.80. The van der Waals surface area contributed by atoms with E-state index in [1.54, 1.807) is 29.2 Å². The van der Waals surface area contributed by atoms with Crippen molar-refractivity contribution in [3.05, 3.63) is 72.0 Å². The molecule has 0 spiro atoms. The molecule has 6 heteroatoms. The summed E-state index contributed by atoms with van der Waals surface area (Å²) in [6, 6.07) is 7.93. The van der Waals surface area contributed by atoms with Crippen LogP contribution in [0.25, 0.3) is 0 Å². The number of nitrogens with zero attached hydrogens (tertiary/aromatic N) is 2. The van der Waals surface area contributed by atoms with Crippen LogP contribution in [-0.2, 0) is 17.8 Å². The Morgan fingerprint density at radius 3 is 2.69 bits per heavy atom. The predicted molar refractivity (Wildman–Crippen MR) is 96.1 cm³/mol. The standard InChI is InChI=1S/C20H23FN2O3/c1-2-7-23(13-16-3-5-18(21)6-4-16)20(24)17-12-19(26-15-17)14-22-8-10-25-11-9-22/h2-6,12,15H,1,7-11,13-14H2. The van der Waals surface area contributed by atoms with E-state index >= 15 is 0 Å². The summed E-state index contributed by atoms with van der Waals surface area (Å²) >= 11 is 0. The van der Waals surface area contributed by atoms with Gasteiger partial charge in [-0.3, -0.25) is 9.69 Å². The van der Waals surface area contributed by atoms with E-state index in [1.165, 1.54) is 18.4 Å². The minimum atomic E-state index is -0.294. The zero-order valence-electron chi connectivity index (χ0n) is 14.7. The number of benzene rings is 1. The Hall–Kier alpha value is -2.44. The molecule has 0 saturated carbocycles. The van der Waals surface area contributed by atoms with Crippen molar-refractivity contribution in [1.29, 1.82) is 0 Å². The van der Waals surface area contributed by atoms with E-state index in [0.29, 0.717) is 25.2 Å². The number of halogens is 1. The molecule has 2 aromatic rings. The molecule has 138 valence electrons. The summed E-state index contributed by atoms with van der Waals surface area (Å²) in [5.74, 6) is 0.333. The van der Waals surface area contributed by atoms with Crippen LogP contribution >= 0.6 is 0 Å². The third-order valence-electron chi connectivity index (χ3n) is 4.31. The van der Waals surface area contributed by atoms with Gasteiger partial charge in [-0.15, -0.1) is 6.58 Å². The minimum Gasteiger partial charge on any atom is -0.467 e. The average molecular weight is 358 g/mol. The lowest BCUT2D eigenvalue weighted by atomic mass is 10.2. The van der Waals surface area contributed by atoms with Crippen LogP contribution in [0.15, 0.2) is 53.7 Å². The van der Waals surface area contributed by atoms with Gasteiger partial charge in [0, 0.05) is 26.2 Å². The molecular formula is C20H23FN2O3. The molecule has 3 rings (SSSR count). The summed E-state index contributed by atoms with van der Waals surface area (Å²) in [7, 11) is 0. The van der Waals surface area contributed by atoms with Gasteiger partial charge in [-0.05, 0) is 23.8 Å². The SMILES string of the molecule is C=CCN(Cc1ccc(F)cc1)C(=O)c1coc(CN2CCOCC2)c1. The fourth-order valence-corrected chi connectivity index (χ4v) is 2.92. The molecule has 0 atom stereocenters. The summed E-state index contributed by atoms with van der Waals surface area (Å²) in [6.45, 7) is 8.32. The molecule has 1 aliphatic heterocycles. The Morgan fingerprint density at radius 1 is 1.27 bits per heavy atom. The molecule has 1 saturated heterocycles. The molecule has 1 aromatic heterocycles. The van der Waals surface area contributed by atoms with E-state index in [4.69, 9.17) is 9.15 Å². The molecule has 0 unspecified atom stereocenters. The highest BCUT2D eigenvalue weighted by Gasteiger charge is 2.19. The molecule has 1 aliphatic rings. The molecule has 5 nitrogen and oxygen atoms in total. The van der Waals surface area contributed by atoms with Crippen molar-refractivity contribution in [2.45, 2.75) is 13.1 Å². The Kier molecular flexibility index (Phi) is 6.20. The van der Waals surface area contributed by atoms with Crippen LogP contribution in [0.2, 0.25) is 0 Å². The summed E-state index contributed by atoms with van der Waals surface area (Å²) in [5, 5.41) is 0. The molecule has 0 aliphatic carbocycles. The second-order valence-electron chi connectivity index (χ2n) is 6.29. The minimum absolute atomic E-state index is 0.133. The van der Waals surface area contributed by atoms with E-state index in [9.17, 15) is 9.18 Å². The number of morpholine rings is 1. The molecule has 0 bridgehead atoms. The first-order chi connectivity index (χ1) is 12.7. The van der Waals surface area contributed by atoms with Crippen molar-refractivity contribution in [2.24, 2.45) is 0 Å². The maximum atomic E-state index is 13.1. The number of carbonyl (C=O) groups is 1. The van der Waals surface area contributed by atoms with Gasteiger partial charge in [0.05, 0.1) is 25.3 Å². The van der Waals surface area contributed by atoms with E-state index in [0.717, 1.165) is 37.6 Å². The van der Waals surface area contributed by atoms with Crippen molar-refractivity contribution >= 4 is 5.91 Å². The molecule has 2 heterocycles. The molecule has 0 radical (unpaired) electrons. The first kappa shape index (κ1) is 18.4. The number of furan rings is 1. The van der Waals surface area contributed by atoms with E-state index in [1.807, 2.05) is 0 Å². The van der Waals surface area contributed by atoms with E-state index in [-0.39, 0.29) is 11.7 Å². The molecule has 1 fully saturated rings. The van der Waals surface area contributed by atoms with Gasteiger partial charge in [-0.25, -0.2) is 4.39 Å². The van der Waals surface area contributed by atoms with Gasteiger partial charge in [-0.1, -0.05) is 18.2 Å². The van der Waals surface area contributed by atoms with Crippen LogP contribution in [0.1, 0.15) is 21.7 Å². The van der Waals surface area contributed by atoms with Crippen LogP contribution in [0.3, 0.4) is 0 Å². The second kappa shape index (κ2) is 8.78. The lowest BCUT2D eigenvalue weighted by molar-refractivity contribution is 0.0313. The molecule has 1 amide bonds. The molecule has 0 N–H and O–H groups in total. The zero-order valence-corrected chi connectivity index (χ0v) is 14.7.